The van der Waals surface area contributed by atoms with E-state index in [1.54, 1.807) is 0 Å². The van der Waals surface area contributed by atoms with Crippen LogP contribution in [0.5, 0.6) is 0 Å². The predicted molar refractivity (Wildman–Crippen MR) is 100 cm³/mol. The van der Waals surface area contributed by atoms with E-state index in [9.17, 15) is 4.79 Å². The van der Waals surface area contributed by atoms with Gasteiger partial charge < -0.3 is 9.84 Å². The minimum absolute atomic E-state index is 0.150. The normalized spacial score (nSPS) is 17.2. The van der Waals surface area contributed by atoms with E-state index in [1.807, 2.05) is 11.6 Å². The van der Waals surface area contributed by atoms with E-state index < -0.39 is 0 Å². The van der Waals surface area contributed by atoms with Gasteiger partial charge in [0.05, 0.1) is 12.2 Å². The molecule has 0 saturated heterocycles. The fraction of sp³-hybridized carbons (Fsp3) is 0.650. The monoisotopic (exact) mass is 358 g/mol. The summed E-state index contributed by atoms with van der Waals surface area (Å²) in [5, 5.41) is 11.5. The Morgan fingerprint density at radius 2 is 2.04 bits per heavy atom. The van der Waals surface area contributed by atoms with Crippen molar-refractivity contribution in [3.63, 3.8) is 0 Å². The molecule has 26 heavy (non-hydrogen) atoms. The van der Waals surface area contributed by atoms with Gasteiger partial charge in [-0.2, -0.15) is 5.10 Å². The van der Waals surface area contributed by atoms with Crippen LogP contribution < -0.4 is 5.32 Å². The zero-order valence-electron chi connectivity index (χ0n) is 16.8. The summed E-state index contributed by atoms with van der Waals surface area (Å²) in [6.07, 6.45) is 2.81. The van der Waals surface area contributed by atoms with Crippen molar-refractivity contribution in [2.24, 2.45) is 11.3 Å². The zero-order valence-corrected chi connectivity index (χ0v) is 16.8. The van der Waals surface area contributed by atoms with Gasteiger partial charge in [0.1, 0.15) is 5.76 Å². The van der Waals surface area contributed by atoms with Gasteiger partial charge in [0.2, 0.25) is 0 Å². The molecular weight excluding hydrogens is 328 g/mol. The lowest BCUT2D eigenvalue weighted by molar-refractivity contribution is 0.0941. The maximum absolute atomic E-state index is 12.6. The molecule has 6 heteroatoms. The lowest BCUT2D eigenvalue weighted by Gasteiger charge is -2.33. The van der Waals surface area contributed by atoms with Crippen LogP contribution in [-0.2, 0) is 19.4 Å². The number of amides is 1. The van der Waals surface area contributed by atoms with Crippen molar-refractivity contribution >= 4 is 5.91 Å². The van der Waals surface area contributed by atoms with E-state index in [2.05, 4.69) is 50.2 Å². The van der Waals surface area contributed by atoms with E-state index >= 15 is 0 Å². The first-order valence-corrected chi connectivity index (χ1v) is 9.44. The van der Waals surface area contributed by atoms with Crippen molar-refractivity contribution in [3.05, 3.63) is 34.0 Å². The molecule has 2 aromatic heterocycles. The SMILES string of the molecule is Cc1nn(CCNC(=O)c2noc3c2CC(C(C)(C)C)CC3)c(C)c1C. The fourth-order valence-corrected chi connectivity index (χ4v) is 3.68. The van der Waals surface area contributed by atoms with Gasteiger partial charge in [-0.15, -0.1) is 0 Å². The lowest BCUT2D eigenvalue weighted by Crippen LogP contribution is -2.31. The van der Waals surface area contributed by atoms with Crippen LogP contribution in [0, 0.1) is 32.1 Å². The molecule has 1 aliphatic carbocycles. The Balaban J connectivity index is 1.64. The van der Waals surface area contributed by atoms with Crippen LogP contribution in [0.1, 0.15) is 66.0 Å². The van der Waals surface area contributed by atoms with Gasteiger partial charge in [-0.05, 0) is 50.5 Å². The molecule has 0 spiro atoms. The van der Waals surface area contributed by atoms with E-state index in [0.717, 1.165) is 42.0 Å². The molecule has 0 saturated carbocycles. The summed E-state index contributed by atoms with van der Waals surface area (Å²) < 4.78 is 7.39. The second kappa shape index (κ2) is 6.89. The molecular formula is C20H30N4O2. The smallest absolute Gasteiger partial charge is 0.273 e. The second-order valence-electron chi connectivity index (χ2n) is 8.51. The highest BCUT2D eigenvalue weighted by molar-refractivity contribution is 5.93. The number of carbonyl (C=O) groups is 1. The molecule has 0 radical (unpaired) electrons. The lowest BCUT2D eigenvalue weighted by atomic mass is 9.71. The Morgan fingerprint density at radius 3 is 2.65 bits per heavy atom. The number of nitrogens with zero attached hydrogens (tertiary/aromatic N) is 3. The van der Waals surface area contributed by atoms with E-state index in [-0.39, 0.29) is 11.3 Å². The number of fused-ring (bicyclic) bond motifs is 1. The maximum atomic E-state index is 12.6. The van der Waals surface area contributed by atoms with Crippen molar-refractivity contribution in [2.75, 3.05) is 6.54 Å². The summed E-state index contributed by atoms with van der Waals surface area (Å²) in [5.41, 5.74) is 5.05. The highest BCUT2D eigenvalue weighted by atomic mass is 16.5. The molecule has 6 nitrogen and oxygen atoms in total. The van der Waals surface area contributed by atoms with Crippen molar-refractivity contribution in [1.82, 2.24) is 20.3 Å². The van der Waals surface area contributed by atoms with Gasteiger partial charge >= 0.3 is 0 Å². The molecule has 2 aromatic rings. The Morgan fingerprint density at radius 1 is 1.31 bits per heavy atom. The Hall–Kier alpha value is -2.11. The van der Waals surface area contributed by atoms with Crippen molar-refractivity contribution in [2.45, 2.75) is 67.3 Å². The number of aromatic nitrogens is 3. The van der Waals surface area contributed by atoms with E-state index in [1.165, 1.54) is 5.56 Å². The molecule has 0 fully saturated rings. The number of aryl methyl sites for hydroxylation is 2. The molecule has 142 valence electrons. The zero-order chi connectivity index (χ0) is 19.1. The van der Waals surface area contributed by atoms with Gasteiger partial charge in [-0.3, -0.25) is 9.48 Å². The standard InChI is InChI=1S/C20H30N4O2/c1-12-13(2)22-24(14(12)3)10-9-21-19(25)18-16-11-15(20(4,5)6)7-8-17(16)26-23-18/h15H,7-11H2,1-6H3,(H,21,25). The second-order valence-corrected chi connectivity index (χ2v) is 8.51. The van der Waals surface area contributed by atoms with Crippen molar-refractivity contribution in [1.29, 1.82) is 0 Å². The average Bonchev–Trinajstić information content (AvgIpc) is 3.10. The average molecular weight is 358 g/mol. The van der Waals surface area contributed by atoms with Gasteiger partial charge in [-0.1, -0.05) is 25.9 Å². The Bertz CT molecular complexity index is 811. The molecule has 0 aliphatic heterocycles. The van der Waals surface area contributed by atoms with E-state index in [4.69, 9.17) is 4.52 Å². The molecule has 0 bridgehead atoms. The van der Waals surface area contributed by atoms with Gasteiger partial charge in [0.15, 0.2) is 5.69 Å². The topological polar surface area (TPSA) is 73.0 Å². The summed E-state index contributed by atoms with van der Waals surface area (Å²) >= 11 is 0. The maximum Gasteiger partial charge on any atom is 0.273 e. The first-order chi connectivity index (χ1) is 12.2. The number of rotatable bonds is 4. The Kier molecular flexibility index (Phi) is 4.95. The summed E-state index contributed by atoms with van der Waals surface area (Å²) in [6, 6.07) is 0. The number of nitrogens with one attached hydrogen (secondary N) is 1. The predicted octanol–water partition coefficient (Wildman–Crippen LogP) is 3.38. The highest BCUT2D eigenvalue weighted by Crippen LogP contribution is 2.38. The Labute approximate surface area is 155 Å². The molecule has 2 heterocycles. The molecule has 1 unspecified atom stereocenters. The summed E-state index contributed by atoms with van der Waals surface area (Å²) in [5.74, 6) is 1.27. The molecule has 3 rings (SSSR count). The van der Waals surface area contributed by atoms with Crippen LogP contribution in [-0.4, -0.2) is 27.4 Å². The molecule has 1 N–H and O–H groups in total. The van der Waals surface area contributed by atoms with Crippen LogP contribution in [0.2, 0.25) is 0 Å². The summed E-state index contributed by atoms with van der Waals surface area (Å²) in [7, 11) is 0. The fourth-order valence-electron chi connectivity index (χ4n) is 3.68. The minimum atomic E-state index is -0.150. The van der Waals surface area contributed by atoms with Crippen LogP contribution >= 0.6 is 0 Å². The third-order valence-corrected chi connectivity index (χ3v) is 5.83. The number of carbonyl (C=O) groups excluding carboxylic acids is 1. The van der Waals surface area contributed by atoms with Gasteiger partial charge in [0, 0.05) is 24.2 Å². The first kappa shape index (κ1) is 18.7. The summed E-state index contributed by atoms with van der Waals surface area (Å²) in [4.78, 5) is 12.6. The molecule has 0 aromatic carbocycles. The number of hydrogen-bond donors (Lipinski definition) is 1. The number of hydrogen-bond acceptors (Lipinski definition) is 4. The minimum Gasteiger partial charge on any atom is -0.360 e. The molecule has 1 aliphatic rings. The van der Waals surface area contributed by atoms with Crippen molar-refractivity contribution in [3.8, 4) is 0 Å². The first-order valence-electron chi connectivity index (χ1n) is 9.44. The molecule has 1 atom stereocenters. The third-order valence-electron chi connectivity index (χ3n) is 5.83. The third kappa shape index (κ3) is 3.55. The van der Waals surface area contributed by atoms with Gasteiger partial charge in [0.25, 0.3) is 5.91 Å². The quantitative estimate of drug-likeness (QED) is 0.909. The largest absolute Gasteiger partial charge is 0.360 e. The van der Waals surface area contributed by atoms with Gasteiger partial charge in [-0.25, -0.2) is 0 Å². The van der Waals surface area contributed by atoms with Crippen LogP contribution in [0.3, 0.4) is 0 Å². The van der Waals surface area contributed by atoms with Crippen LogP contribution in [0.25, 0.3) is 0 Å². The van der Waals surface area contributed by atoms with Crippen LogP contribution in [0.15, 0.2) is 4.52 Å². The van der Waals surface area contributed by atoms with Crippen molar-refractivity contribution < 1.29 is 9.32 Å². The molecule has 1 amide bonds. The summed E-state index contributed by atoms with van der Waals surface area (Å²) in [6.45, 7) is 14.1. The van der Waals surface area contributed by atoms with Crippen LogP contribution in [0.4, 0.5) is 0 Å². The highest BCUT2D eigenvalue weighted by Gasteiger charge is 2.34. The van der Waals surface area contributed by atoms with E-state index in [0.29, 0.717) is 24.7 Å².